The van der Waals surface area contributed by atoms with E-state index in [4.69, 9.17) is 0 Å². The normalized spacial score (nSPS) is 12.8. The van der Waals surface area contributed by atoms with Gasteiger partial charge in [-0.1, -0.05) is 6.08 Å². The van der Waals surface area contributed by atoms with Crippen molar-refractivity contribution < 1.29 is 38.4 Å². The molecule has 1 aliphatic heterocycles. The van der Waals surface area contributed by atoms with E-state index in [2.05, 4.69) is 14.2 Å². The van der Waals surface area contributed by atoms with Crippen LogP contribution in [0.1, 0.15) is 10.4 Å². The first-order chi connectivity index (χ1) is 14.7. The van der Waals surface area contributed by atoms with Gasteiger partial charge in [-0.2, -0.15) is 0 Å². The minimum Gasteiger partial charge on any atom is -0.465 e. The van der Waals surface area contributed by atoms with Crippen molar-refractivity contribution in [3.8, 4) is 0 Å². The monoisotopic (exact) mass is 433 g/mol. The summed E-state index contributed by atoms with van der Waals surface area (Å²) in [7, 11) is 3.03. The summed E-state index contributed by atoms with van der Waals surface area (Å²) in [6, 6.07) is 1.51. The molecule has 162 valence electrons. The van der Waals surface area contributed by atoms with E-state index in [1.807, 2.05) is 0 Å². The molecule has 1 aliphatic rings. The molecule has 0 radical (unpaired) electrons. The highest BCUT2D eigenvalue weighted by molar-refractivity contribution is 6.07. The third-order valence-electron chi connectivity index (χ3n) is 4.01. The summed E-state index contributed by atoms with van der Waals surface area (Å²) in [6.45, 7) is 0. The van der Waals surface area contributed by atoms with Gasteiger partial charge in [-0.25, -0.2) is 14.4 Å². The fourth-order valence-corrected chi connectivity index (χ4v) is 2.70. The highest BCUT2D eigenvalue weighted by Gasteiger charge is 2.37. The Labute approximate surface area is 174 Å². The molecule has 0 aromatic heterocycles. The van der Waals surface area contributed by atoms with Crippen LogP contribution in [0.3, 0.4) is 0 Å². The van der Waals surface area contributed by atoms with E-state index in [1.54, 1.807) is 0 Å². The van der Waals surface area contributed by atoms with Gasteiger partial charge < -0.3 is 14.2 Å². The van der Waals surface area contributed by atoms with Crippen molar-refractivity contribution in [3.05, 3.63) is 73.6 Å². The summed E-state index contributed by atoms with van der Waals surface area (Å²) < 4.78 is 13.8. The third kappa shape index (κ3) is 4.39. The highest BCUT2D eigenvalue weighted by atomic mass is 16.6. The second-order valence-electron chi connectivity index (χ2n) is 5.68. The van der Waals surface area contributed by atoms with E-state index in [0.29, 0.717) is 0 Å². The first-order valence-corrected chi connectivity index (χ1v) is 8.28. The summed E-state index contributed by atoms with van der Waals surface area (Å²) in [4.78, 5) is 58.9. The van der Waals surface area contributed by atoms with Crippen molar-refractivity contribution in [1.29, 1.82) is 0 Å². The van der Waals surface area contributed by atoms with Gasteiger partial charge in [-0.15, -0.1) is 0 Å². The fraction of sp³-hybridized carbons (Fsp3) is 0.167. The Morgan fingerprint density at radius 1 is 0.839 bits per heavy atom. The Balaban J connectivity index is 2.99. The number of ether oxygens (including phenoxy) is 3. The van der Waals surface area contributed by atoms with E-state index in [-0.39, 0.29) is 5.57 Å². The number of carbonyl (C=O) groups is 3. The van der Waals surface area contributed by atoms with E-state index >= 15 is 0 Å². The molecule has 0 unspecified atom stereocenters. The molecule has 0 bridgehead atoms. The van der Waals surface area contributed by atoms with Gasteiger partial charge in [0.1, 0.15) is 5.70 Å². The average molecular weight is 433 g/mol. The number of nitro groups is 2. The zero-order valence-corrected chi connectivity index (χ0v) is 16.4. The number of esters is 3. The van der Waals surface area contributed by atoms with Gasteiger partial charge in [0.05, 0.1) is 42.3 Å². The van der Waals surface area contributed by atoms with E-state index in [1.165, 1.54) is 18.2 Å². The first kappa shape index (κ1) is 22.7. The van der Waals surface area contributed by atoms with Crippen molar-refractivity contribution in [2.75, 3.05) is 26.2 Å². The number of allylic oxidation sites excluding steroid dienone is 2. The molecule has 1 aromatic rings. The highest BCUT2D eigenvalue weighted by Crippen LogP contribution is 2.42. The maximum absolute atomic E-state index is 12.5. The molecule has 0 fully saturated rings. The Morgan fingerprint density at radius 2 is 1.35 bits per heavy atom. The minimum absolute atomic E-state index is 0.375. The van der Waals surface area contributed by atoms with Crippen LogP contribution in [-0.2, 0) is 23.8 Å². The van der Waals surface area contributed by atoms with Crippen LogP contribution >= 0.6 is 0 Å². The number of methoxy groups -OCH3 is 3. The third-order valence-corrected chi connectivity index (χ3v) is 4.01. The molecular formula is C18H15N3O10. The Kier molecular flexibility index (Phi) is 6.82. The predicted octanol–water partition coefficient (Wildman–Crippen LogP) is 1.78. The largest absolute Gasteiger partial charge is 0.465 e. The van der Waals surface area contributed by atoms with Crippen LogP contribution in [0.5, 0.6) is 0 Å². The second kappa shape index (κ2) is 9.30. The molecule has 0 N–H and O–H groups in total. The second-order valence-corrected chi connectivity index (χ2v) is 5.68. The van der Waals surface area contributed by atoms with Crippen LogP contribution in [0.15, 0.2) is 47.8 Å². The van der Waals surface area contributed by atoms with Gasteiger partial charge in [0, 0.05) is 18.3 Å². The number of carbonyl (C=O) groups excluding carboxylic acids is 3. The lowest BCUT2D eigenvalue weighted by Gasteiger charge is -2.22. The number of nitrogens with zero attached hydrogens (tertiary/aromatic N) is 3. The van der Waals surface area contributed by atoms with Crippen LogP contribution in [0.2, 0.25) is 0 Å². The molecule has 0 saturated carbocycles. The fourth-order valence-electron chi connectivity index (χ4n) is 2.70. The lowest BCUT2D eigenvalue weighted by Crippen LogP contribution is -2.28. The lowest BCUT2D eigenvalue weighted by molar-refractivity contribution is -0.392. The topological polar surface area (TPSA) is 168 Å². The van der Waals surface area contributed by atoms with Gasteiger partial charge in [-0.3, -0.25) is 25.1 Å². The standard InChI is InChI=1S/C18H15N3O10/c1-29-16(22)10-8-12(20(25)26)15(13(9-10)21(27)28)19-7-5-4-6-11(17(23)30-2)14(19)18(24)31-3/h4-9H,1-3H3. The summed E-state index contributed by atoms with van der Waals surface area (Å²) >= 11 is 0. The van der Waals surface area contributed by atoms with Gasteiger partial charge >= 0.3 is 29.3 Å². The number of anilines is 1. The maximum atomic E-state index is 12.5. The smallest absolute Gasteiger partial charge is 0.355 e. The van der Waals surface area contributed by atoms with Crippen molar-refractivity contribution in [1.82, 2.24) is 0 Å². The number of benzene rings is 1. The van der Waals surface area contributed by atoms with Gasteiger partial charge in [-0.05, 0) is 12.2 Å². The molecule has 13 nitrogen and oxygen atoms in total. The average Bonchev–Trinajstić information content (AvgIpc) is 2.99. The van der Waals surface area contributed by atoms with Gasteiger partial charge in [0.25, 0.3) is 0 Å². The molecule has 2 rings (SSSR count). The van der Waals surface area contributed by atoms with Crippen molar-refractivity contribution >= 4 is 35.0 Å². The first-order valence-electron chi connectivity index (χ1n) is 8.28. The molecule has 0 amide bonds. The molecule has 1 aromatic carbocycles. The molecular weight excluding hydrogens is 418 g/mol. The Bertz CT molecular complexity index is 1040. The summed E-state index contributed by atoms with van der Waals surface area (Å²) in [5, 5.41) is 23.5. The maximum Gasteiger partial charge on any atom is 0.355 e. The molecule has 1 heterocycles. The van der Waals surface area contributed by atoms with Crippen molar-refractivity contribution in [3.63, 3.8) is 0 Å². The number of nitro benzene ring substituents is 2. The Morgan fingerprint density at radius 3 is 1.81 bits per heavy atom. The molecule has 0 saturated heterocycles. The predicted molar refractivity (Wildman–Crippen MR) is 103 cm³/mol. The number of hydrogen-bond acceptors (Lipinski definition) is 11. The quantitative estimate of drug-likeness (QED) is 0.277. The molecule has 0 spiro atoms. The summed E-state index contributed by atoms with van der Waals surface area (Å²) in [6.07, 6.45) is 4.86. The van der Waals surface area contributed by atoms with Crippen LogP contribution in [0, 0.1) is 20.2 Å². The molecule has 0 aliphatic carbocycles. The van der Waals surface area contributed by atoms with Crippen molar-refractivity contribution in [2.45, 2.75) is 0 Å². The van der Waals surface area contributed by atoms with Crippen molar-refractivity contribution in [2.24, 2.45) is 0 Å². The Hall–Kier alpha value is -4.55. The minimum atomic E-state index is -1.13. The van der Waals surface area contributed by atoms with Crippen LogP contribution in [-0.4, -0.2) is 49.1 Å². The summed E-state index contributed by atoms with van der Waals surface area (Å²) in [5.74, 6) is -3.18. The zero-order chi connectivity index (χ0) is 23.3. The number of hydrogen-bond donors (Lipinski definition) is 0. The van der Waals surface area contributed by atoms with Crippen LogP contribution in [0.25, 0.3) is 0 Å². The van der Waals surface area contributed by atoms with Crippen LogP contribution < -0.4 is 4.90 Å². The summed E-state index contributed by atoms with van der Waals surface area (Å²) in [5.41, 5.74) is -3.89. The van der Waals surface area contributed by atoms with Gasteiger partial charge in [0.15, 0.2) is 0 Å². The van der Waals surface area contributed by atoms with Crippen LogP contribution in [0.4, 0.5) is 17.1 Å². The van der Waals surface area contributed by atoms with E-state index in [9.17, 15) is 34.6 Å². The SMILES string of the molecule is COC(=O)C1=C(C(=O)OC)N(c2c([N+](=O)[O-])cc(C(=O)OC)cc2[N+](=O)[O-])C=CC=C1. The lowest BCUT2D eigenvalue weighted by atomic mass is 10.1. The zero-order valence-electron chi connectivity index (χ0n) is 16.4. The van der Waals surface area contributed by atoms with E-state index in [0.717, 1.165) is 44.6 Å². The van der Waals surface area contributed by atoms with E-state index < -0.39 is 56.1 Å². The number of rotatable bonds is 6. The molecule has 0 atom stereocenters. The van der Waals surface area contributed by atoms with Gasteiger partial charge in [0.2, 0.25) is 5.69 Å². The molecule has 31 heavy (non-hydrogen) atoms. The molecule has 13 heteroatoms.